The zero-order chi connectivity index (χ0) is 19.1. The summed E-state index contributed by atoms with van der Waals surface area (Å²) >= 11 is 6.28. The Morgan fingerprint density at radius 1 is 0.821 bits per heavy atom. The molecule has 0 aromatic heterocycles. The molecule has 0 N–H and O–H groups in total. The number of benzene rings is 4. The van der Waals surface area contributed by atoms with Gasteiger partial charge in [-0.05, 0) is 53.8 Å². The van der Waals surface area contributed by atoms with Crippen molar-refractivity contribution in [1.82, 2.24) is 0 Å². The predicted molar refractivity (Wildman–Crippen MR) is 113 cm³/mol. The molecular weight excluding hydrogens is 366 g/mol. The van der Waals surface area contributed by atoms with Gasteiger partial charge < -0.3 is 4.74 Å². The molecule has 1 aliphatic heterocycles. The van der Waals surface area contributed by atoms with Gasteiger partial charge in [0.05, 0.1) is 11.6 Å². The van der Waals surface area contributed by atoms with E-state index in [0.29, 0.717) is 5.56 Å². The molecule has 0 saturated carbocycles. The van der Waals surface area contributed by atoms with Crippen molar-refractivity contribution in [3.8, 4) is 28.7 Å². The molecule has 0 unspecified atom stereocenters. The van der Waals surface area contributed by atoms with E-state index in [0.717, 1.165) is 56.8 Å². The number of halogens is 1. The van der Waals surface area contributed by atoms with Crippen LogP contribution in [0.5, 0.6) is 11.5 Å². The zero-order valence-corrected chi connectivity index (χ0v) is 15.8. The first-order valence-corrected chi connectivity index (χ1v) is 9.63. The van der Waals surface area contributed by atoms with Gasteiger partial charge in [0.15, 0.2) is 0 Å². The lowest BCUT2D eigenvalue weighted by Crippen LogP contribution is -2.00. The Bertz CT molecular complexity index is 1270. The van der Waals surface area contributed by atoms with Gasteiger partial charge in [-0.3, -0.25) is 0 Å². The van der Waals surface area contributed by atoms with Crippen LogP contribution in [0, 0.1) is 11.3 Å². The lowest BCUT2D eigenvalue weighted by atomic mass is 9.91. The van der Waals surface area contributed by atoms with Gasteiger partial charge in [0.1, 0.15) is 11.5 Å². The van der Waals surface area contributed by atoms with Crippen LogP contribution in [0.4, 0.5) is 0 Å². The van der Waals surface area contributed by atoms with Gasteiger partial charge >= 0.3 is 0 Å². The standard InChI is InChI=1S/C25H16ClNO/c26-22-7-2-1-4-17(22)10-8-16-9-12-20-21-6-3-5-19-18(15-27)11-13-23(25(19)21)28-24(20)14-16/h1-7,9,11-14H,8,10H2. The summed E-state index contributed by atoms with van der Waals surface area (Å²) in [6.07, 6.45) is 1.78. The molecule has 5 rings (SSSR count). The molecule has 0 atom stereocenters. The topological polar surface area (TPSA) is 33.0 Å². The highest BCUT2D eigenvalue weighted by Gasteiger charge is 2.21. The van der Waals surface area contributed by atoms with E-state index in [1.54, 1.807) is 0 Å². The highest BCUT2D eigenvalue weighted by atomic mass is 35.5. The molecule has 1 aliphatic rings. The number of aryl methyl sites for hydroxylation is 2. The maximum Gasteiger partial charge on any atom is 0.136 e. The van der Waals surface area contributed by atoms with Gasteiger partial charge in [0.2, 0.25) is 0 Å². The van der Waals surface area contributed by atoms with Crippen LogP contribution < -0.4 is 4.74 Å². The summed E-state index contributed by atoms with van der Waals surface area (Å²) < 4.78 is 6.23. The Kier molecular flexibility index (Phi) is 4.04. The SMILES string of the molecule is N#Cc1ccc2c3c(cccc13)-c1ccc(CCc3ccccc3Cl)cc1O2. The first-order chi connectivity index (χ1) is 13.7. The first-order valence-electron chi connectivity index (χ1n) is 9.25. The van der Waals surface area contributed by atoms with Crippen molar-refractivity contribution in [2.45, 2.75) is 12.8 Å². The number of fused-ring (bicyclic) bond motifs is 2. The number of nitrogens with zero attached hydrogens (tertiary/aromatic N) is 1. The smallest absolute Gasteiger partial charge is 0.136 e. The van der Waals surface area contributed by atoms with Gasteiger partial charge in [-0.15, -0.1) is 0 Å². The maximum absolute atomic E-state index is 9.41. The van der Waals surface area contributed by atoms with E-state index in [4.69, 9.17) is 16.3 Å². The third-order valence-corrected chi connectivity index (χ3v) is 5.69. The van der Waals surface area contributed by atoms with Crippen LogP contribution in [-0.2, 0) is 12.8 Å². The van der Waals surface area contributed by atoms with E-state index < -0.39 is 0 Å². The second-order valence-electron chi connectivity index (χ2n) is 6.98. The van der Waals surface area contributed by atoms with E-state index in [-0.39, 0.29) is 0 Å². The highest BCUT2D eigenvalue weighted by Crippen LogP contribution is 2.47. The molecule has 134 valence electrons. The molecule has 2 nitrogen and oxygen atoms in total. The lowest BCUT2D eigenvalue weighted by Gasteiger charge is -2.22. The van der Waals surface area contributed by atoms with Crippen molar-refractivity contribution in [3.63, 3.8) is 0 Å². The molecule has 1 heterocycles. The molecule has 3 heteroatoms. The fourth-order valence-electron chi connectivity index (χ4n) is 3.91. The Morgan fingerprint density at radius 3 is 2.57 bits per heavy atom. The molecule has 28 heavy (non-hydrogen) atoms. The minimum Gasteiger partial charge on any atom is -0.456 e. The van der Waals surface area contributed by atoms with Crippen molar-refractivity contribution < 1.29 is 4.74 Å². The molecule has 0 fully saturated rings. The number of hydrogen-bond donors (Lipinski definition) is 0. The fraction of sp³-hybridized carbons (Fsp3) is 0.0800. The minimum absolute atomic E-state index is 0.670. The van der Waals surface area contributed by atoms with Gasteiger partial charge in [-0.25, -0.2) is 0 Å². The van der Waals surface area contributed by atoms with Crippen LogP contribution in [0.3, 0.4) is 0 Å². The molecule has 0 saturated heterocycles. The van der Waals surface area contributed by atoms with Crippen LogP contribution in [-0.4, -0.2) is 0 Å². The van der Waals surface area contributed by atoms with Crippen molar-refractivity contribution in [1.29, 1.82) is 5.26 Å². The summed E-state index contributed by atoms with van der Waals surface area (Å²) in [6, 6.07) is 26.4. The van der Waals surface area contributed by atoms with Crippen LogP contribution in [0.25, 0.3) is 21.9 Å². The second kappa shape index (κ2) is 6.71. The number of ether oxygens (including phenoxy) is 1. The average molecular weight is 382 g/mol. The Balaban J connectivity index is 1.53. The first kappa shape index (κ1) is 16.9. The number of nitriles is 1. The minimum atomic E-state index is 0.670. The van der Waals surface area contributed by atoms with E-state index in [9.17, 15) is 5.26 Å². The molecule has 4 aromatic carbocycles. The highest BCUT2D eigenvalue weighted by molar-refractivity contribution is 6.31. The van der Waals surface area contributed by atoms with E-state index in [1.807, 2.05) is 42.5 Å². The summed E-state index contributed by atoms with van der Waals surface area (Å²) in [5, 5.41) is 12.2. The molecule has 0 bridgehead atoms. The van der Waals surface area contributed by atoms with Crippen molar-refractivity contribution in [2.24, 2.45) is 0 Å². The summed E-state index contributed by atoms with van der Waals surface area (Å²) in [7, 11) is 0. The predicted octanol–water partition coefficient (Wildman–Crippen LogP) is 6.92. The van der Waals surface area contributed by atoms with Crippen molar-refractivity contribution >= 4 is 22.4 Å². The molecule has 0 radical (unpaired) electrons. The van der Waals surface area contributed by atoms with Crippen molar-refractivity contribution in [2.75, 3.05) is 0 Å². The van der Waals surface area contributed by atoms with Gasteiger partial charge in [-0.1, -0.05) is 60.1 Å². The van der Waals surface area contributed by atoms with Crippen molar-refractivity contribution in [3.05, 3.63) is 94.5 Å². The second-order valence-corrected chi connectivity index (χ2v) is 7.38. The Labute approximate surface area is 168 Å². The Hall–Kier alpha value is -3.28. The van der Waals surface area contributed by atoms with Crippen LogP contribution in [0.15, 0.2) is 72.8 Å². The summed E-state index contributed by atoms with van der Waals surface area (Å²) in [6.45, 7) is 0. The average Bonchev–Trinajstić information content (AvgIpc) is 2.73. The van der Waals surface area contributed by atoms with E-state index >= 15 is 0 Å². The monoisotopic (exact) mass is 381 g/mol. The van der Waals surface area contributed by atoms with Gasteiger partial charge in [0, 0.05) is 21.4 Å². The molecule has 0 spiro atoms. The summed E-state index contributed by atoms with van der Waals surface area (Å²) in [5.41, 5.74) is 5.21. The third-order valence-electron chi connectivity index (χ3n) is 5.32. The van der Waals surface area contributed by atoms with Gasteiger partial charge in [-0.2, -0.15) is 5.26 Å². The zero-order valence-electron chi connectivity index (χ0n) is 15.1. The largest absolute Gasteiger partial charge is 0.456 e. The number of hydrogen-bond acceptors (Lipinski definition) is 2. The third kappa shape index (κ3) is 2.72. The summed E-state index contributed by atoms with van der Waals surface area (Å²) in [4.78, 5) is 0. The van der Waals surface area contributed by atoms with E-state index in [1.165, 1.54) is 5.56 Å². The van der Waals surface area contributed by atoms with Crippen LogP contribution in [0.1, 0.15) is 16.7 Å². The molecular formula is C25H16ClNO. The van der Waals surface area contributed by atoms with Gasteiger partial charge in [0.25, 0.3) is 0 Å². The number of rotatable bonds is 3. The van der Waals surface area contributed by atoms with Crippen LogP contribution in [0.2, 0.25) is 5.02 Å². The Morgan fingerprint density at radius 2 is 1.71 bits per heavy atom. The van der Waals surface area contributed by atoms with Crippen LogP contribution >= 0.6 is 11.6 Å². The quantitative estimate of drug-likeness (QED) is 0.339. The fourth-order valence-corrected chi connectivity index (χ4v) is 4.14. The van der Waals surface area contributed by atoms with E-state index in [2.05, 4.69) is 36.4 Å². The molecule has 0 amide bonds. The normalized spacial score (nSPS) is 11.6. The maximum atomic E-state index is 9.41. The molecule has 4 aromatic rings. The molecule has 0 aliphatic carbocycles. The lowest BCUT2D eigenvalue weighted by molar-refractivity contribution is 0.486. The summed E-state index contributed by atoms with van der Waals surface area (Å²) in [5.74, 6) is 1.67.